The first-order chi connectivity index (χ1) is 13.8. The van der Waals surface area contributed by atoms with Crippen LogP contribution in [-0.4, -0.2) is 18.4 Å². The lowest BCUT2D eigenvalue weighted by Crippen LogP contribution is -2.28. The van der Waals surface area contributed by atoms with E-state index < -0.39 is 23.6 Å². The Hall–Kier alpha value is -3.35. The Balaban J connectivity index is 1.53. The van der Waals surface area contributed by atoms with Crippen LogP contribution in [0.4, 0.5) is 24.5 Å². The Morgan fingerprint density at radius 2 is 1.72 bits per heavy atom. The number of hydrogen-bond acceptors (Lipinski definition) is 2. The lowest BCUT2D eigenvalue weighted by molar-refractivity contribution is -0.137. The molecule has 0 aromatic heterocycles. The number of nitrogens with one attached hydrogen (secondary N) is 1. The zero-order valence-corrected chi connectivity index (χ0v) is 15.2. The van der Waals surface area contributed by atoms with Gasteiger partial charge >= 0.3 is 6.18 Å². The predicted molar refractivity (Wildman–Crippen MR) is 104 cm³/mol. The van der Waals surface area contributed by atoms with Crippen LogP contribution in [0.3, 0.4) is 0 Å². The van der Waals surface area contributed by atoms with Gasteiger partial charge in [-0.2, -0.15) is 13.2 Å². The van der Waals surface area contributed by atoms with E-state index in [0.29, 0.717) is 0 Å². The Bertz CT molecular complexity index is 1090. The van der Waals surface area contributed by atoms with Gasteiger partial charge in [0.25, 0.3) is 0 Å². The van der Waals surface area contributed by atoms with Crippen molar-refractivity contribution in [2.45, 2.75) is 12.6 Å². The van der Waals surface area contributed by atoms with Crippen molar-refractivity contribution >= 4 is 34.0 Å². The molecule has 1 heterocycles. The van der Waals surface area contributed by atoms with Crippen molar-refractivity contribution < 1.29 is 22.8 Å². The molecule has 0 aliphatic carbocycles. The van der Waals surface area contributed by atoms with Crippen molar-refractivity contribution in [3.8, 4) is 0 Å². The molecule has 1 N–H and O–H groups in total. The molecule has 2 amide bonds. The summed E-state index contributed by atoms with van der Waals surface area (Å²) >= 11 is 0. The minimum atomic E-state index is -4.49. The minimum absolute atomic E-state index is 0.00795. The summed E-state index contributed by atoms with van der Waals surface area (Å²) in [5, 5.41) is 4.39. The van der Waals surface area contributed by atoms with E-state index in [2.05, 4.69) is 5.32 Å². The molecule has 7 heteroatoms. The SMILES string of the molecule is O=C(Nc1cccc(C(F)(F)F)c1)[C@H]1CC(=O)N(c2cccc3ccccc23)C1. The average molecular weight is 398 g/mol. The first-order valence-corrected chi connectivity index (χ1v) is 9.09. The highest BCUT2D eigenvalue weighted by molar-refractivity contribution is 6.08. The molecule has 1 saturated heterocycles. The fourth-order valence-electron chi connectivity index (χ4n) is 3.58. The van der Waals surface area contributed by atoms with Crippen LogP contribution < -0.4 is 10.2 Å². The molecule has 148 valence electrons. The third kappa shape index (κ3) is 3.81. The van der Waals surface area contributed by atoms with Gasteiger partial charge in [-0.15, -0.1) is 0 Å². The number of nitrogens with zero attached hydrogens (tertiary/aromatic N) is 1. The van der Waals surface area contributed by atoms with E-state index in [1.807, 2.05) is 42.5 Å². The number of fused-ring (bicyclic) bond motifs is 1. The molecule has 0 radical (unpaired) electrons. The molecule has 4 rings (SSSR count). The van der Waals surface area contributed by atoms with E-state index >= 15 is 0 Å². The minimum Gasteiger partial charge on any atom is -0.326 e. The Kier molecular flexibility index (Phi) is 4.74. The molecule has 0 unspecified atom stereocenters. The number of rotatable bonds is 3. The van der Waals surface area contributed by atoms with E-state index in [1.165, 1.54) is 12.1 Å². The van der Waals surface area contributed by atoms with Crippen LogP contribution in [0.1, 0.15) is 12.0 Å². The van der Waals surface area contributed by atoms with Gasteiger partial charge in [0.1, 0.15) is 0 Å². The molecular formula is C22H17F3N2O2. The number of anilines is 2. The second-order valence-electron chi connectivity index (χ2n) is 6.97. The molecule has 4 nitrogen and oxygen atoms in total. The molecule has 1 atom stereocenters. The molecule has 3 aromatic rings. The van der Waals surface area contributed by atoms with Gasteiger partial charge in [-0.3, -0.25) is 9.59 Å². The summed E-state index contributed by atoms with van der Waals surface area (Å²) in [4.78, 5) is 26.7. The van der Waals surface area contributed by atoms with Gasteiger partial charge in [-0.05, 0) is 29.7 Å². The lowest BCUT2D eigenvalue weighted by atomic mass is 10.1. The van der Waals surface area contributed by atoms with E-state index in [9.17, 15) is 22.8 Å². The lowest BCUT2D eigenvalue weighted by Gasteiger charge is -2.19. The fourth-order valence-corrected chi connectivity index (χ4v) is 3.58. The van der Waals surface area contributed by atoms with Crippen molar-refractivity contribution in [3.05, 3.63) is 72.3 Å². The Morgan fingerprint density at radius 1 is 1.00 bits per heavy atom. The summed E-state index contributed by atoms with van der Waals surface area (Å²) in [5.74, 6) is -1.30. The van der Waals surface area contributed by atoms with Crippen LogP contribution >= 0.6 is 0 Å². The van der Waals surface area contributed by atoms with E-state index in [1.54, 1.807) is 4.90 Å². The number of halogens is 3. The van der Waals surface area contributed by atoms with Crippen LogP contribution in [-0.2, 0) is 15.8 Å². The normalized spacial score (nSPS) is 17.0. The highest BCUT2D eigenvalue weighted by Gasteiger charge is 2.36. The van der Waals surface area contributed by atoms with Crippen LogP contribution in [0.15, 0.2) is 66.7 Å². The average Bonchev–Trinajstić information content (AvgIpc) is 3.09. The van der Waals surface area contributed by atoms with Crippen molar-refractivity contribution in [2.75, 3.05) is 16.8 Å². The van der Waals surface area contributed by atoms with Gasteiger partial charge < -0.3 is 10.2 Å². The van der Waals surface area contributed by atoms with Gasteiger partial charge in [-0.25, -0.2) is 0 Å². The monoisotopic (exact) mass is 398 g/mol. The molecular weight excluding hydrogens is 381 g/mol. The summed E-state index contributed by atoms with van der Waals surface area (Å²) in [6.07, 6.45) is -4.48. The summed E-state index contributed by atoms with van der Waals surface area (Å²) < 4.78 is 38.6. The molecule has 1 aliphatic rings. The molecule has 1 fully saturated rings. The molecule has 0 saturated carbocycles. The van der Waals surface area contributed by atoms with Crippen LogP contribution in [0.25, 0.3) is 10.8 Å². The van der Waals surface area contributed by atoms with Gasteiger partial charge in [0.2, 0.25) is 11.8 Å². The van der Waals surface area contributed by atoms with Gasteiger partial charge in [0.15, 0.2) is 0 Å². The van der Waals surface area contributed by atoms with Crippen molar-refractivity contribution in [3.63, 3.8) is 0 Å². The molecule has 0 bridgehead atoms. The maximum Gasteiger partial charge on any atom is 0.416 e. The summed E-state index contributed by atoms with van der Waals surface area (Å²) in [7, 11) is 0. The highest BCUT2D eigenvalue weighted by Crippen LogP contribution is 2.33. The predicted octanol–water partition coefficient (Wildman–Crippen LogP) is 4.85. The van der Waals surface area contributed by atoms with Crippen LogP contribution in [0, 0.1) is 5.92 Å². The molecule has 1 aliphatic heterocycles. The van der Waals surface area contributed by atoms with E-state index in [0.717, 1.165) is 28.6 Å². The first-order valence-electron chi connectivity index (χ1n) is 9.09. The Morgan fingerprint density at radius 3 is 2.52 bits per heavy atom. The standard InChI is InChI=1S/C22H17F3N2O2/c23-22(24,25)16-7-4-8-17(12-16)26-21(29)15-11-20(28)27(13-15)19-10-3-6-14-5-1-2-9-18(14)19/h1-10,12,15H,11,13H2,(H,26,29)/t15-/m0/s1. The number of carbonyl (C=O) groups is 2. The second-order valence-corrected chi connectivity index (χ2v) is 6.97. The van der Waals surface area contributed by atoms with E-state index in [4.69, 9.17) is 0 Å². The van der Waals surface area contributed by atoms with Gasteiger partial charge in [-0.1, -0.05) is 42.5 Å². The zero-order chi connectivity index (χ0) is 20.6. The maximum atomic E-state index is 12.9. The smallest absolute Gasteiger partial charge is 0.326 e. The third-order valence-electron chi connectivity index (χ3n) is 5.01. The largest absolute Gasteiger partial charge is 0.416 e. The van der Waals surface area contributed by atoms with Crippen LogP contribution in [0.2, 0.25) is 0 Å². The summed E-state index contributed by atoms with van der Waals surface area (Å²) in [5.41, 5.74) is -0.0569. The molecule has 3 aromatic carbocycles. The molecule has 0 spiro atoms. The number of alkyl halides is 3. The number of benzene rings is 3. The number of carbonyl (C=O) groups excluding carboxylic acids is 2. The third-order valence-corrected chi connectivity index (χ3v) is 5.01. The fraction of sp³-hybridized carbons (Fsp3) is 0.182. The zero-order valence-electron chi connectivity index (χ0n) is 15.2. The first kappa shape index (κ1) is 19.0. The number of hydrogen-bond donors (Lipinski definition) is 1. The van der Waals surface area contributed by atoms with Crippen molar-refractivity contribution in [2.24, 2.45) is 5.92 Å². The summed E-state index contributed by atoms with van der Waals surface area (Å²) in [6, 6.07) is 17.7. The quantitative estimate of drug-likeness (QED) is 0.686. The topological polar surface area (TPSA) is 49.4 Å². The Labute approximate surface area is 164 Å². The molecule has 29 heavy (non-hydrogen) atoms. The van der Waals surface area contributed by atoms with Gasteiger partial charge in [0.05, 0.1) is 17.2 Å². The maximum absolute atomic E-state index is 12.9. The van der Waals surface area contributed by atoms with Crippen LogP contribution in [0.5, 0.6) is 0 Å². The highest BCUT2D eigenvalue weighted by atomic mass is 19.4. The second kappa shape index (κ2) is 7.24. The number of amides is 2. The van der Waals surface area contributed by atoms with E-state index in [-0.39, 0.29) is 24.6 Å². The van der Waals surface area contributed by atoms with Crippen molar-refractivity contribution in [1.29, 1.82) is 0 Å². The van der Waals surface area contributed by atoms with Crippen molar-refractivity contribution in [1.82, 2.24) is 0 Å². The van der Waals surface area contributed by atoms with Gasteiger partial charge in [0, 0.05) is 24.0 Å². The summed E-state index contributed by atoms with van der Waals surface area (Å²) in [6.45, 7) is 0.178.